The lowest BCUT2D eigenvalue weighted by molar-refractivity contribution is 0.0601. The highest BCUT2D eigenvalue weighted by atomic mass is 16.5. The molecule has 0 amide bonds. The van der Waals surface area contributed by atoms with Crippen LogP contribution in [-0.4, -0.2) is 22.5 Å². The highest BCUT2D eigenvalue weighted by Gasteiger charge is 2.07. The molecule has 2 heterocycles. The van der Waals surface area contributed by atoms with Crippen molar-refractivity contribution in [1.82, 2.24) is 9.38 Å². The Bertz CT molecular complexity index is 415. The van der Waals surface area contributed by atoms with Crippen molar-refractivity contribution in [3.63, 3.8) is 0 Å². The van der Waals surface area contributed by atoms with Crippen LogP contribution in [0.1, 0.15) is 10.4 Å². The van der Waals surface area contributed by atoms with Crippen LogP contribution in [0.3, 0.4) is 0 Å². The van der Waals surface area contributed by atoms with Gasteiger partial charge < -0.3 is 9.14 Å². The number of fused-ring (bicyclic) bond motifs is 1. The average molecular weight is 176 g/mol. The monoisotopic (exact) mass is 176 g/mol. The maximum atomic E-state index is 11.1. The van der Waals surface area contributed by atoms with Crippen molar-refractivity contribution < 1.29 is 9.53 Å². The van der Waals surface area contributed by atoms with E-state index in [2.05, 4.69) is 9.72 Å². The second-order valence-corrected chi connectivity index (χ2v) is 2.63. The Labute approximate surface area is 74.8 Å². The van der Waals surface area contributed by atoms with Gasteiger partial charge in [-0.15, -0.1) is 0 Å². The van der Waals surface area contributed by atoms with E-state index in [4.69, 9.17) is 0 Å². The molecule has 0 unspecified atom stereocenters. The van der Waals surface area contributed by atoms with Crippen molar-refractivity contribution in [2.45, 2.75) is 0 Å². The zero-order valence-electron chi connectivity index (χ0n) is 7.10. The van der Waals surface area contributed by atoms with Gasteiger partial charge in [0.05, 0.1) is 24.4 Å². The molecule has 0 bridgehead atoms. The summed E-state index contributed by atoms with van der Waals surface area (Å²) < 4.78 is 6.41. The molecule has 0 saturated carbocycles. The maximum Gasteiger partial charge on any atom is 0.339 e. The smallest absolute Gasteiger partial charge is 0.339 e. The zero-order chi connectivity index (χ0) is 9.26. The number of rotatable bonds is 1. The first-order chi connectivity index (χ1) is 6.31. The second-order valence-electron chi connectivity index (χ2n) is 2.63. The van der Waals surface area contributed by atoms with E-state index in [9.17, 15) is 4.79 Å². The van der Waals surface area contributed by atoms with E-state index in [1.807, 2.05) is 4.40 Å². The Hall–Kier alpha value is -1.84. The minimum atomic E-state index is -0.330. The van der Waals surface area contributed by atoms with Gasteiger partial charge in [-0.3, -0.25) is 4.98 Å². The van der Waals surface area contributed by atoms with Gasteiger partial charge in [-0.1, -0.05) is 0 Å². The van der Waals surface area contributed by atoms with Crippen LogP contribution in [0.2, 0.25) is 0 Å². The lowest BCUT2D eigenvalue weighted by atomic mass is 10.3. The molecule has 2 rings (SSSR count). The summed E-state index contributed by atoms with van der Waals surface area (Å²) in [5.41, 5.74) is 1.42. The first-order valence-corrected chi connectivity index (χ1v) is 3.81. The van der Waals surface area contributed by atoms with Crippen molar-refractivity contribution >= 4 is 11.5 Å². The number of aromatic nitrogens is 2. The SMILES string of the molecule is COC(=O)c1cc2cnccn2c1. The molecule has 0 spiro atoms. The minimum absolute atomic E-state index is 0.330. The highest BCUT2D eigenvalue weighted by Crippen LogP contribution is 2.08. The molecular weight excluding hydrogens is 168 g/mol. The Balaban J connectivity index is 2.56. The summed E-state index contributed by atoms with van der Waals surface area (Å²) in [6.45, 7) is 0. The molecule has 0 aromatic carbocycles. The predicted molar refractivity (Wildman–Crippen MR) is 46.5 cm³/mol. The Kier molecular flexibility index (Phi) is 1.73. The molecule has 13 heavy (non-hydrogen) atoms. The Morgan fingerprint density at radius 2 is 2.46 bits per heavy atom. The standard InChI is InChI=1S/C9H8N2O2/c1-13-9(12)7-4-8-5-10-2-3-11(8)6-7/h2-6H,1H3. The molecule has 0 aliphatic heterocycles. The molecular formula is C9H8N2O2. The summed E-state index contributed by atoms with van der Waals surface area (Å²) in [6, 6.07) is 1.73. The van der Waals surface area contributed by atoms with E-state index in [0.29, 0.717) is 5.56 Å². The number of hydrogen-bond acceptors (Lipinski definition) is 3. The predicted octanol–water partition coefficient (Wildman–Crippen LogP) is 1.12. The fourth-order valence-corrected chi connectivity index (χ4v) is 1.19. The molecule has 66 valence electrons. The van der Waals surface area contributed by atoms with Gasteiger partial charge in [0, 0.05) is 18.6 Å². The molecule has 0 N–H and O–H groups in total. The third-order valence-corrected chi connectivity index (χ3v) is 1.82. The Morgan fingerprint density at radius 3 is 3.15 bits per heavy atom. The van der Waals surface area contributed by atoms with Gasteiger partial charge in [0.2, 0.25) is 0 Å². The molecule has 0 aliphatic carbocycles. The molecule has 0 atom stereocenters. The summed E-state index contributed by atoms with van der Waals surface area (Å²) >= 11 is 0. The zero-order valence-corrected chi connectivity index (χ0v) is 7.10. The number of esters is 1. The first-order valence-electron chi connectivity index (χ1n) is 3.81. The van der Waals surface area contributed by atoms with Crippen LogP contribution in [0.4, 0.5) is 0 Å². The van der Waals surface area contributed by atoms with Crippen molar-refractivity contribution in [2.75, 3.05) is 7.11 Å². The van der Waals surface area contributed by atoms with E-state index in [1.165, 1.54) is 7.11 Å². The van der Waals surface area contributed by atoms with Crippen LogP contribution in [0.25, 0.3) is 5.52 Å². The summed E-state index contributed by atoms with van der Waals surface area (Å²) in [6.07, 6.45) is 6.84. The van der Waals surface area contributed by atoms with Gasteiger partial charge in [0.15, 0.2) is 0 Å². The molecule has 2 aromatic rings. The van der Waals surface area contributed by atoms with E-state index in [-0.39, 0.29) is 5.97 Å². The average Bonchev–Trinajstić information content (AvgIpc) is 2.59. The fraction of sp³-hybridized carbons (Fsp3) is 0.111. The molecule has 4 heteroatoms. The van der Waals surface area contributed by atoms with Crippen LogP contribution >= 0.6 is 0 Å². The Morgan fingerprint density at radius 1 is 1.62 bits per heavy atom. The third-order valence-electron chi connectivity index (χ3n) is 1.82. The van der Waals surface area contributed by atoms with Gasteiger partial charge in [-0.05, 0) is 6.07 Å². The molecule has 2 aromatic heterocycles. The highest BCUT2D eigenvalue weighted by molar-refractivity contribution is 5.90. The normalized spacial score (nSPS) is 10.2. The maximum absolute atomic E-state index is 11.1. The van der Waals surface area contributed by atoms with Crippen molar-refractivity contribution in [3.05, 3.63) is 36.4 Å². The molecule has 0 fully saturated rings. The summed E-state index contributed by atoms with van der Waals surface area (Å²) in [5.74, 6) is -0.330. The van der Waals surface area contributed by atoms with E-state index < -0.39 is 0 Å². The lowest BCUT2D eigenvalue weighted by Gasteiger charge is -1.91. The van der Waals surface area contributed by atoms with E-state index in [1.54, 1.807) is 30.9 Å². The van der Waals surface area contributed by atoms with Crippen LogP contribution < -0.4 is 0 Å². The van der Waals surface area contributed by atoms with E-state index >= 15 is 0 Å². The molecule has 0 radical (unpaired) electrons. The largest absolute Gasteiger partial charge is 0.465 e. The second kappa shape index (κ2) is 2.90. The quantitative estimate of drug-likeness (QED) is 0.611. The van der Waals surface area contributed by atoms with Crippen molar-refractivity contribution in [3.8, 4) is 0 Å². The third kappa shape index (κ3) is 1.26. The molecule has 0 aliphatic rings. The number of carbonyl (C=O) groups is 1. The van der Waals surface area contributed by atoms with Crippen LogP contribution in [0, 0.1) is 0 Å². The van der Waals surface area contributed by atoms with Crippen LogP contribution in [0.5, 0.6) is 0 Å². The topological polar surface area (TPSA) is 43.6 Å². The molecule has 4 nitrogen and oxygen atoms in total. The van der Waals surface area contributed by atoms with E-state index in [0.717, 1.165) is 5.52 Å². The lowest BCUT2D eigenvalue weighted by Crippen LogP contribution is -1.98. The number of ether oxygens (including phenoxy) is 1. The number of methoxy groups -OCH3 is 1. The summed E-state index contributed by atoms with van der Waals surface area (Å²) in [7, 11) is 1.36. The van der Waals surface area contributed by atoms with Gasteiger partial charge >= 0.3 is 5.97 Å². The molecule has 0 saturated heterocycles. The minimum Gasteiger partial charge on any atom is -0.465 e. The van der Waals surface area contributed by atoms with Gasteiger partial charge in [0.1, 0.15) is 0 Å². The number of nitrogens with zero attached hydrogens (tertiary/aromatic N) is 2. The number of carbonyl (C=O) groups excluding carboxylic acids is 1. The van der Waals surface area contributed by atoms with Crippen LogP contribution in [-0.2, 0) is 4.74 Å². The fourth-order valence-electron chi connectivity index (χ4n) is 1.19. The van der Waals surface area contributed by atoms with Gasteiger partial charge in [-0.25, -0.2) is 4.79 Å². The summed E-state index contributed by atoms with van der Waals surface area (Å²) in [5, 5.41) is 0. The first kappa shape index (κ1) is 7.79. The van der Waals surface area contributed by atoms with Crippen molar-refractivity contribution in [2.24, 2.45) is 0 Å². The van der Waals surface area contributed by atoms with Gasteiger partial charge in [0.25, 0.3) is 0 Å². The summed E-state index contributed by atoms with van der Waals surface area (Å²) in [4.78, 5) is 15.1. The van der Waals surface area contributed by atoms with Gasteiger partial charge in [-0.2, -0.15) is 0 Å². The number of hydrogen-bond donors (Lipinski definition) is 0. The van der Waals surface area contributed by atoms with Crippen molar-refractivity contribution in [1.29, 1.82) is 0 Å². The van der Waals surface area contributed by atoms with Crippen LogP contribution in [0.15, 0.2) is 30.9 Å².